The highest BCUT2D eigenvalue weighted by Gasteiger charge is 2.18. The van der Waals surface area contributed by atoms with Crippen molar-refractivity contribution in [2.75, 3.05) is 0 Å². The van der Waals surface area contributed by atoms with Gasteiger partial charge in [0, 0.05) is 55.3 Å². The van der Waals surface area contributed by atoms with E-state index in [0.717, 1.165) is 5.56 Å². The summed E-state index contributed by atoms with van der Waals surface area (Å²) in [5, 5.41) is 10.5. The van der Waals surface area contributed by atoms with Gasteiger partial charge in [-0.1, -0.05) is 76.3 Å². The highest BCUT2D eigenvalue weighted by atomic mass is 35.5. The Balaban J connectivity index is 1.70. The van der Waals surface area contributed by atoms with Gasteiger partial charge in [-0.3, -0.25) is 4.98 Å². The first-order chi connectivity index (χ1) is 18.4. The zero-order valence-corrected chi connectivity index (χ0v) is 22.0. The number of aromatic nitrogens is 1. The molecule has 4 aromatic rings. The summed E-state index contributed by atoms with van der Waals surface area (Å²) in [7, 11) is 0. The maximum absolute atomic E-state index is 13.9. The zero-order valence-electron chi connectivity index (χ0n) is 19.8. The van der Waals surface area contributed by atoms with Crippen molar-refractivity contribution >= 4 is 40.8 Å². The molecule has 1 aromatic heterocycles. The number of urea groups is 1. The fraction of sp³-hybridized carbons (Fsp3) is 0.111. The molecular formula is C27H20Cl3FN6O. The number of azide groups is 1. The van der Waals surface area contributed by atoms with Gasteiger partial charge in [0.15, 0.2) is 0 Å². The van der Waals surface area contributed by atoms with Crippen LogP contribution in [0.3, 0.4) is 0 Å². The fourth-order valence-corrected chi connectivity index (χ4v) is 4.41. The van der Waals surface area contributed by atoms with Gasteiger partial charge < -0.3 is 10.6 Å². The lowest BCUT2D eigenvalue weighted by Crippen LogP contribution is -2.35. The first kappa shape index (κ1) is 27.2. The predicted molar refractivity (Wildman–Crippen MR) is 148 cm³/mol. The van der Waals surface area contributed by atoms with Crippen molar-refractivity contribution in [3.63, 3.8) is 0 Å². The molecule has 192 valence electrons. The van der Waals surface area contributed by atoms with Gasteiger partial charge in [-0.05, 0) is 47.5 Å². The molecule has 1 heterocycles. The molecule has 7 nitrogen and oxygen atoms in total. The van der Waals surface area contributed by atoms with Crippen LogP contribution in [0.15, 0.2) is 77.9 Å². The second-order valence-electron chi connectivity index (χ2n) is 8.14. The number of benzene rings is 3. The van der Waals surface area contributed by atoms with Gasteiger partial charge in [0.25, 0.3) is 0 Å². The van der Waals surface area contributed by atoms with Crippen LogP contribution in [0, 0.1) is 5.82 Å². The average Bonchev–Trinajstić information content (AvgIpc) is 2.91. The fourth-order valence-electron chi connectivity index (χ4n) is 3.78. The number of carbonyl (C=O) groups is 1. The molecule has 0 aliphatic heterocycles. The minimum atomic E-state index is -0.504. The molecule has 0 fully saturated rings. The Morgan fingerprint density at radius 3 is 2.26 bits per heavy atom. The van der Waals surface area contributed by atoms with Crippen molar-refractivity contribution in [3.05, 3.63) is 121 Å². The van der Waals surface area contributed by atoms with Crippen molar-refractivity contribution in [2.45, 2.75) is 19.6 Å². The van der Waals surface area contributed by atoms with E-state index in [-0.39, 0.29) is 19.6 Å². The molecule has 11 heteroatoms. The molecule has 0 aliphatic carbocycles. The lowest BCUT2D eigenvalue weighted by molar-refractivity contribution is 0.240. The topological polar surface area (TPSA) is 103 Å². The van der Waals surface area contributed by atoms with Crippen LogP contribution in [0.1, 0.15) is 16.8 Å². The van der Waals surface area contributed by atoms with Crippen LogP contribution in [-0.4, -0.2) is 11.0 Å². The van der Waals surface area contributed by atoms with Gasteiger partial charge in [0.05, 0.1) is 17.9 Å². The largest absolute Gasteiger partial charge is 0.334 e. The lowest BCUT2D eigenvalue weighted by Gasteiger charge is -2.17. The summed E-state index contributed by atoms with van der Waals surface area (Å²) in [6.45, 7) is 0.0363. The average molecular weight is 570 g/mol. The number of nitrogens with one attached hydrogen (secondary N) is 2. The van der Waals surface area contributed by atoms with Crippen molar-refractivity contribution in [3.8, 4) is 22.4 Å². The third-order valence-electron chi connectivity index (χ3n) is 5.65. The molecule has 0 saturated carbocycles. The van der Waals surface area contributed by atoms with Gasteiger partial charge in [-0.25, -0.2) is 9.18 Å². The predicted octanol–water partition coefficient (Wildman–Crippen LogP) is 8.32. The van der Waals surface area contributed by atoms with Crippen LogP contribution in [0.25, 0.3) is 32.8 Å². The van der Waals surface area contributed by atoms with Crippen LogP contribution in [0.5, 0.6) is 0 Å². The molecule has 0 radical (unpaired) electrons. The Labute approximate surface area is 233 Å². The molecule has 2 N–H and O–H groups in total. The summed E-state index contributed by atoms with van der Waals surface area (Å²) in [4.78, 5) is 20.2. The van der Waals surface area contributed by atoms with Crippen molar-refractivity contribution in [2.24, 2.45) is 5.11 Å². The summed E-state index contributed by atoms with van der Waals surface area (Å²) >= 11 is 18.8. The van der Waals surface area contributed by atoms with Gasteiger partial charge in [0.1, 0.15) is 5.82 Å². The Kier molecular flexibility index (Phi) is 9.05. The molecule has 0 bridgehead atoms. The van der Waals surface area contributed by atoms with E-state index >= 15 is 0 Å². The van der Waals surface area contributed by atoms with Crippen molar-refractivity contribution < 1.29 is 9.18 Å². The lowest BCUT2D eigenvalue weighted by atomic mass is 9.96. The maximum Gasteiger partial charge on any atom is 0.315 e. The first-order valence-corrected chi connectivity index (χ1v) is 12.5. The summed E-state index contributed by atoms with van der Waals surface area (Å²) in [5.41, 5.74) is 13.1. The smallest absolute Gasteiger partial charge is 0.315 e. The SMILES string of the molecule is [N-]=[N+]=NCc1nc(-c2ccc(Cl)cc2)c(-c2ccc(Cl)cc2Cl)cc1CNC(=O)NCc1ccccc1F. The maximum atomic E-state index is 13.9. The molecule has 3 aromatic carbocycles. The highest BCUT2D eigenvalue weighted by molar-refractivity contribution is 6.36. The molecule has 38 heavy (non-hydrogen) atoms. The zero-order chi connectivity index (χ0) is 27.1. The number of rotatable bonds is 8. The first-order valence-electron chi connectivity index (χ1n) is 11.4. The van der Waals surface area contributed by atoms with Crippen molar-refractivity contribution in [1.82, 2.24) is 15.6 Å². The molecular weight excluding hydrogens is 550 g/mol. The molecule has 0 aliphatic rings. The Morgan fingerprint density at radius 2 is 1.58 bits per heavy atom. The Bertz CT molecular complexity index is 1520. The summed E-state index contributed by atoms with van der Waals surface area (Å²) in [5.74, 6) is -0.407. The summed E-state index contributed by atoms with van der Waals surface area (Å²) in [6.07, 6.45) is 0. The molecule has 0 spiro atoms. The number of pyridine rings is 1. The van der Waals surface area contributed by atoms with E-state index in [4.69, 9.17) is 45.3 Å². The molecule has 4 rings (SSSR count). The van der Waals surface area contributed by atoms with Crippen molar-refractivity contribution in [1.29, 1.82) is 0 Å². The second kappa shape index (κ2) is 12.6. The van der Waals surface area contributed by atoms with Gasteiger partial charge in [-0.2, -0.15) is 0 Å². The number of amides is 2. The van der Waals surface area contributed by atoms with E-state index in [9.17, 15) is 9.18 Å². The molecule has 0 unspecified atom stereocenters. The van der Waals surface area contributed by atoms with Crippen LogP contribution in [-0.2, 0) is 19.6 Å². The van der Waals surface area contributed by atoms with Crippen LogP contribution in [0.4, 0.5) is 9.18 Å². The van der Waals surface area contributed by atoms with Gasteiger partial charge in [0.2, 0.25) is 0 Å². The highest BCUT2D eigenvalue weighted by Crippen LogP contribution is 2.38. The van der Waals surface area contributed by atoms with E-state index in [1.807, 2.05) is 18.2 Å². The summed E-state index contributed by atoms with van der Waals surface area (Å²) < 4.78 is 13.9. The molecule has 0 atom stereocenters. The van der Waals surface area contributed by atoms with E-state index in [2.05, 4.69) is 20.7 Å². The van der Waals surface area contributed by atoms with Crippen LogP contribution in [0.2, 0.25) is 15.1 Å². The van der Waals surface area contributed by atoms with E-state index in [0.29, 0.717) is 48.7 Å². The van der Waals surface area contributed by atoms with Gasteiger partial charge >= 0.3 is 6.03 Å². The Morgan fingerprint density at radius 1 is 0.895 bits per heavy atom. The number of nitrogens with zero attached hydrogens (tertiary/aromatic N) is 4. The normalized spacial score (nSPS) is 10.5. The standard InChI is InChI=1S/C27H20Cl3FN6O/c28-19-7-5-16(6-8-19)26-22(21-10-9-20(29)12-23(21)30)11-18(25(36-26)15-35-37-32)14-34-27(38)33-13-17-3-1-2-4-24(17)31/h1-12H,13-15H2,(H2,33,34,38). The number of hydrogen-bond donors (Lipinski definition) is 2. The molecule has 0 saturated heterocycles. The number of carbonyl (C=O) groups excluding carboxylic acids is 1. The third kappa shape index (κ3) is 6.73. The number of halogens is 4. The minimum absolute atomic E-state index is 0.0173. The van der Waals surface area contributed by atoms with Crippen LogP contribution < -0.4 is 10.6 Å². The third-order valence-corrected chi connectivity index (χ3v) is 6.45. The monoisotopic (exact) mass is 568 g/mol. The quantitative estimate of drug-likeness (QED) is 0.127. The van der Waals surface area contributed by atoms with Crippen LogP contribution >= 0.6 is 34.8 Å². The van der Waals surface area contributed by atoms with E-state index in [1.54, 1.807) is 48.5 Å². The summed E-state index contributed by atoms with van der Waals surface area (Å²) in [6, 6.07) is 19.8. The number of hydrogen-bond acceptors (Lipinski definition) is 3. The minimum Gasteiger partial charge on any atom is -0.334 e. The second-order valence-corrected chi connectivity index (χ2v) is 9.42. The molecule has 2 amide bonds. The Hall–Kier alpha value is -3.81. The van der Waals surface area contributed by atoms with Gasteiger partial charge in [-0.15, -0.1) is 0 Å². The van der Waals surface area contributed by atoms with E-state index < -0.39 is 11.8 Å². The van der Waals surface area contributed by atoms with E-state index in [1.165, 1.54) is 6.07 Å².